The molecule has 0 spiro atoms. The Morgan fingerprint density at radius 2 is 0.529 bits per heavy atom. The van der Waals surface area contributed by atoms with Gasteiger partial charge in [0.25, 0.3) is 0 Å². The highest BCUT2D eigenvalue weighted by Crippen LogP contribution is 2.41. The summed E-state index contributed by atoms with van der Waals surface area (Å²) in [5.74, 6) is -3.72. The molecule has 30 N–H and O–H groups in total. The Balaban J connectivity index is 1.00. The summed E-state index contributed by atoms with van der Waals surface area (Å²) in [5.41, 5.74) is 0. The van der Waals surface area contributed by atoms with E-state index >= 15 is 0 Å². The van der Waals surface area contributed by atoms with Crippen LogP contribution in [0.2, 0.25) is 0 Å². The number of hydrogen-bond acceptors (Lipinski definition) is 49. The predicted octanol–water partition coefficient (Wildman–Crippen LogP) is -20.2. The maximum absolute atomic E-state index is 13.3. The Labute approximate surface area is 686 Å². The van der Waals surface area contributed by atoms with Gasteiger partial charge in [-0.3, -0.25) is 19.2 Å². The molecule has 0 bridgehead atoms. The van der Waals surface area contributed by atoms with Crippen LogP contribution >= 0.6 is 0 Å². The molecule has 53 heteroatoms. The summed E-state index contributed by atoms with van der Waals surface area (Å²) >= 11 is 0. The molecule has 10 fully saturated rings. The summed E-state index contributed by atoms with van der Waals surface area (Å²) < 4.78 is 114. The number of rotatable bonds is 30. The molecular weight excluding hydrogens is 1660 g/mol. The molecule has 10 aliphatic heterocycles. The van der Waals surface area contributed by atoms with Crippen LogP contribution in [0.4, 0.5) is 0 Å². The van der Waals surface area contributed by atoms with Gasteiger partial charge < -0.3 is 244 Å². The fourth-order valence-corrected chi connectivity index (χ4v) is 15.7. The molecule has 0 unspecified atom stereocenters. The predicted molar refractivity (Wildman–Crippen MR) is 373 cm³/mol. The first-order valence-electron chi connectivity index (χ1n) is 38.8. The number of amides is 4. The van der Waals surface area contributed by atoms with E-state index < -0.39 is 383 Å². The Kier molecular flexibility index (Phi) is 35.3. The minimum absolute atomic E-state index is 0.857. The molecule has 0 aromatic rings. The molecule has 53 nitrogen and oxygen atoms in total. The molecule has 0 aromatic heterocycles. The quantitative estimate of drug-likeness (QED) is 0.0318. The average molecular weight is 1770 g/mol. The van der Waals surface area contributed by atoms with Crippen LogP contribution in [0.1, 0.15) is 41.5 Å². The second-order valence-corrected chi connectivity index (χ2v) is 31.0. The fourth-order valence-electron chi connectivity index (χ4n) is 15.7. The van der Waals surface area contributed by atoms with E-state index in [2.05, 4.69) is 21.3 Å². The van der Waals surface area contributed by atoms with Gasteiger partial charge in [-0.05, 0) is 13.8 Å². The lowest BCUT2D eigenvalue weighted by Gasteiger charge is -2.51. The third-order valence-corrected chi connectivity index (χ3v) is 22.4. The molecular formula is C68H114N4O49. The van der Waals surface area contributed by atoms with Crippen molar-refractivity contribution in [1.29, 1.82) is 0 Å². The van der Waals surface area contributed by atoms with E-state index in [0.29, 0.717) is 0 Å². The summed E-state index contributed by atoms with van der Waals surface area (Å²) in [6.45, 7) is -2.56. The van der Waals surface area contributed by atoms with Crippen molar-refractivity contribution in [1.82, 2.24) is 21.3 Å². The van der Waals surface area contributed by atoms with Crippen molar-refractivity contribution in [3.63, 3.8) is 0 Å². The van der Waals surface area contributed by atoms with Crippen LogP contribution in [0, 0.1) is 0 Å². The number of carbonyl (C=O) groups is 4. The Morgan fingerprint density at radius 3 is 1.01 bits per heavy atom. The minimum atomic E-state index is -2.60. The highest BCUT2D eigenvalue weighted by Gasteiger charge is 2.62. The number of hydrogen-bond donors (Lipinski definition) is 30. The van der Waals surface area contributed by atoms with Gasteiger partial charge in [0.1, 0.15) is 232 Å². The van der Waals surface area contributed by atoms with Gasteiger partial charge in [0, 0.05) is 27.7 Å². The van der Waals surface area contributed by atoms with Crippen LogP contribution in [0.5, 0.6) is 0 Å². The molecule has 50 atom stereocenters. The maximum Gasteiger partial charge on any atom is 0.217 e. The van der Waals surface area contributed by atoms with Gasteiger partial charge in [0.2, 0.25) is 23.6 Å². The van der Waals surface area contributed by atoms with E-state index in [4.69, 9.17) is 90.0 Å². The average Bonchev–Trinajstić information content (AvgIpc) is 0.763. The van der Waals surface area contributed by atoms with Crippen LogP contribution in [0.3, 0.4) is 0 Å². The summed E-state index contributed by atoms with van der Waals surface area (Å²) in [4.78, 5) is 51.8. The first kappa shape index (κ1) is 99.2. The van der Waals surface area contributed by atoms with Gasteiger partial charge in [-0.2, -0.15) is 0 Å². The van der Waals surface area contributed by atoms with Gasteiger partial charge in [0.05, 0.1) is 65.1 Å². The summed E-state index contributed by atoms with van der Waals surface area (Å²) in [6, 6.07) is -7.61. The Morgan fingerprint density at radius 1 is 0.231 bits per heavy atom. The highest BCUT2D eigenvalue weighted by atomic mass is 16.8. The molecule has 4 amide bonds. The van der Waals surface area contributed by atoms with Crippen molar-refractivity contribution in [2.45, 2.75) is 348 Å². The molecule has 10 aliphatic rings. The Hall–Kier alpha value is -3.92. The lowest BCUT2D eigenvalue weighted by molar-refractivity contribution is -0.398. The van der Waals surface area contributed by atoms with Crippen molar-refractivity contribution >= 4 is 23.6 Å². The van der Waals surface area contributed by atoms with E-state index in [9.17, 15) is 152 Å². The van der Waals surface area contributed by atoms with E-state index in [1.807, 2.05) is 0 Å². The molecule has 121 heavy (non-hydrogen) atoms. The molecule has 10 rings (SSSR count). The third-order valence-electron chi connectivity index (χ3n) is 22.4. The number of nitrogens with one attached hydrogen (secondary N) is 4. The van der Waals surface area contributed by atoms with Crippen LogP contribution < -0.4 is 21.3 Å². The maximum atomic E-state index is 13.3. The number of ether oxygens (including phenoxy) is 19. The summed E-state index contributed by atoms with van der Waals surface area (Å²) in [6.07, 6.45) is -94.7. The molecule has 700 valence electrons. The summed E-state index contributed by atoms with van der Waals surface area (Å²) in [7, 11) is 0. The minimum Gasteiger partial charge on any atom is -0.394 e. The first-order valence-corrected chi connectivity index (χ1v) is 38.8. The normalized spacial score (nSPS) is 50.0. The smallest absolute Gasteiger partial charge is 0.217 e. The van der Waals surface area contributed by atoms with Gasteiger partial charge in [-0.1, -0.05) is 0 Å². The van der Waals surface area contributed by atoms with Crippen molar-refractivity contribution in [2.75, 3.05) is 52.9 Å². The SMILES string of the molecule is CC(=O)N[C@@H]1[C@@H](O[C@H]2O[C@H](C)[C@H](O)[C@H](O)[C@H]2O)[C@H](O[C@@H]2O[C@H](CO)[C@@H](O[C@@H]3O[C@H](CO[C@H]4O[C@H](CO)[C@@H](O)[C@H](O)[C@@H]4O[C@@H]4O[C@H](CO[C@H]5O[C@H](C)[C@H](O)[C@H](O)[C@H]5O)[C@@H](O[C@@H]5O[C@H](CO)[C@H](O)[C@H](O)[C@H]5O)[C@H](O)[C@H]4NC(C)=O)[C@@H](O)[C@H](O[C@H]4O[C@H](CO)[C@@H](O)[C@H](O)[C@@H]4O[C@@H]4O[C@H](CO)[C@@H](O)[C@H](O)[C@H]4NC(C)=O)[C@@H]3O)[C@H](O)[C@H]2NC(C)=O)[C@@H](CO)O[C@H]1O. The zero-order valence-electron chi connectivity index (χ0n) is 65.5. The monoisotopic (exact) mass is 1770 g/mol. The number of aliphatic hydroxyl groups excluding tert-OH is 26. The summed E-state index contributed by atoms with van der Waals surface area (Å²) in [5, 5.41) is 301. The second kappa shape index (κ2) is 43.0. The molecule has 0 saturated carbocycles. The van der Waals surface area contributed by atoms with Crippen LogP contribution in [0.15, 0.2) is 0 Å². The third kappa shape index (κ3) is 22.0. The number of carbonyl (C=O) groups excluding carboxylic acids is 4. The van der Waals surface area contributed by atoms with Crippen molar-refractivity contribution < 1.29 is 242 Å². The topological polar surface area (TPSA) is 818 Å². The van der Waals surface area contributed by atoms with Crippen LogP contribution in [0.25, 0.3) is 0 Å². The standard InChI is InChI=1S/C68H114N4O49/c1-15-33(83)43(93)48(98)63(105-15)103-14-28-53(116-65-50(100)45(95)36(86)22(8-74)109-65)42(92)31(71-19(5)81)62(114-28)120-57-46(96)37(87)23(9-75)110-67(57)104-13-27-39(89)56(119-68-58(47(97)38(88)24(10-76)111-68)121-60-29(69-17(3)79)40(90)35(85)21(7-73)108-60)51(101)66(113-27)115-52-25(11-77)112-61(30(41(52)91)70-18(4)80)117-54-26(12-78)107-59(102)32(72-20(6)82)55(54)118-64-49(99)44(94)34(84)16(2)106-64/h15-16,21-68,73-78,83-102H,7-14H2,1-6H3,(H,69,79)(H,70,80)(H,71,81)(H,72,82)/t15-,16-,21-,22-,23-,24-,25-,26-,27-,28-,29-,30-,31-,32-,33+,34+,35-,36+,37-,38-,39-,40-,41-,42-,43+,44+,45+,46+,47+,48-,49-,50-,51+,52-,53-,54-,55-,56+,57+,58+,59-,60+,61+,62+,63+,64-,65+,66+,67+,68-/m1/s1. The van der Waals surface area contributed by atoms with Gasteiger partial charge in [0.15, 0.2) is 62.9 Å². The molecule has 0 aromatic carbocycles. The van der Waals surface area contributed by atoms with Crippen molar-refractivity contribution in [2.24, 2.45) is 0 Å². The van der Waals surface area contributed by atoms with E-state index in [1.165, 1.54) is 13.8 Å². The van der Waals surface area contributed by atoms with E-state index in [-0.39, 0.29) is 0 Å². The van der Waals surface area contributed by atoms with Gasteiger partial charge >= 0.3 is 0 Å². The molecule has 0 aliphatic carbocycles. The number of aliphatic hydroxyl groups is 26. The van der Waals surface area contributed by atoms with Crippen LogP contribution in [-0.2, 0) is 109 Å². The van der Waals surface area contributed by atoms with Crippen LogP contribution in [-0.4, -0.2) is 516 Å². The van der Waals surface area contributed by atoms with Crippen molar-refractivity contribution in [3.05, 3.63) is 0 Å². The second-order valence-electron chi connectivity index (χ2n) is 31.0. The van der Waals surface area contributed by atoms with E-state index in [1.54, 1.807) is 0 Å². The molecule has 10 saturated heterocycles. The van der Waals surface area contributed by atoms with Gasteiger partial charge in [-0.15, -0.1) is 0 Å². The highest BCUT2D eigenvalue weighted by molar-refractivity contribution is 5.74. The lowest BCUT2D eigenvalue weighted by atomic mass is 9.93. The van der Waals surface area contributed by atoms with Crippen molar-refractivity contribution in [3.8, 4) is 0 Å². The Bertz CT molecular complexity index is 3270. The molecule has 10 heterocycles. The first-order chi connectivity index (χ1) is 57.1. The molecule has 0 radical (unpaired) electrons. The van der Waals surface area contributed by atoms with Gasteiger partial charge in [-0.25, -0.2) is 0 Å². The fraction of sp³-hybridized carbons (Fsp3) is 0.941. The van der Waals surface area contributed by atoms with E-state index in [0.717, 1.165) is 27.7 Å². The largest absolute Gasteiger partial charge is 0.394 e. The zero-order valence-corrected chi connectivity index (χ0v) is 65.5. The zero-order chi connectivity index (χ0) is 89.1. The lowest BCUT2D eigenvalue weighted by Crippen LogP contribution is -2.71.